The van der Waals surface area contributed by atoms with Crippen molar-refractivity contribution in [2.75, 3.05) is 13.1 Å². The van der Waals surface area contributed by atoms with E-state index in [2.05, 4.69) is 64.5 Å². The van der Waals surface area contributed by atoms with Crippen LogP contribution in [-0.4, -0.2) is 31.1 Å². The summed E-state index contributed by atoms with van der Waals surface area (Å²) < 4.78 is 0. The van der Waals surface area contributed by atoms with Crippen LogP contribution in [0.15, 0.2) is 48.5 Å². The van der Waals surface area contributed by atoms with Gasteiger partial charge < -0.3 is 16.0 Å². The molecule has 4 aliphatic carbocycles. The van der Waals surface area contributed by atoms with Crippen molar-refractivity contribution in [3.05, 3.63) is 70.8 Å². The number of carbonyl (C=O) groups excluding carboxylic acids is 2. The van der Waals surface area contributed by atoms with Gasteiger partial charge in [-0.25, -0.2) is 4.79 Å². The highest BCUT2D eigenvalue weighted by atomic mass is 16.2. The number of urea groups is 1. The van der Waals surface area contributed by atoms with Crippen molar-refractivity contribution in [1.82, 2.24) is 16.0 Å². The molecule has 0 saturated heterocycles. The van der Waals surface area contributed by atoms with Crippen LogP contribution >= 0.6 is 0 Å². The van der Waals surface area contributed by atoms with Gasteiger partial charge in [0.25, 0.3) is 0 Å². The van der Waals surface area contributed by atoms with E-state index >= 15 is 0 Å². The topological polar surface area (TPSA) is 70.2 Å². The molecule has 3 amide bonds. The average molecular weight is 418 g/mol. The van der Waals surface area contributed by atoms with Gasteiger partial charge in [0.05, 0.1) is 6.54 Å². The molecular formula is C26H31N3O2. The third-order valence-electron chi connectivity index (χ3n) is 7.33. The van der Waals surface area contributed by atoms with Gasteiger partial charge in [0, 0.05) is 24.4 Å². The summed E-state index contributed by atoms with van der Waals surface area (Å²) in [5.41, 5.74) is 5.69. The Bertz CT molecular complexity index is 919. The van der Waals surface area contributed by atoms with E-state index in [4.69, 9.17) is 0 Å². The van der Waals surface area contributed by atoms with Crippen LogP contribution < -0.4 is 16.0 Å². The number of carbonyl (C=O) groups is 2. The average Bonchev–Trinajstić information content (AvgIpc) is 2.82. The van der Waals surface area contributed by atoms with Crippen LogP contribution in [0.25, 0.3) is 0 Å². The van der Waals surface area contributed by atoms with Gasteiger partial charge in [-0.3, -0.25) is 4.79 Å². The fourth-order valence-electron chi connectivity index (χ4n) is 5.91. The fourth-order valence-corrected chi connectivity index (χ4v) is 5.91. The maximum Gasteiger partial charge on any atom is 0.315 e. The Labute approximate surface area is 184 Å². The lowest BCUT2D eigenvalue weighted by Gasteiger charge is -2.45. The molecule has 2 aromatic rings. The first-order valence-electron chi connectivity index (χ1n) is 11.7. The van der Waals surface area contributed by atoms with Crippen LogP contribution in [0, 0.1) is 5.92 Å². The van der Waals surface area contributed by atoms with Crippen LogP contribution in [0.2, 0.25) is 0 Å². The number of rotatable bonds is 5. The number of fused-ring (bicyclic) bond motifs is 1. The van der Waals surface area contributed by atoms with Crippen molar-refractivity contribution < 1.29 is 9.59 Å². The first-order chi connectivity index (χ1) is 15.2. The van der Waals surface area contributed by atoms with Crippen LogP contribution in [-0.2, 0) is 4.79 Å². The third-order valence-corrected chi connectivity index (χ3v) is 7.33. The molecule has 5 heteroatoms. The highest BCUT2D eigenvalue weighted by Gasteiger charge is 2.42. The molecule has 0 heterocycles. The molecule has 4 aliphatic rings. The lowest BCUT2D eigenvalue weighted by molar-refractivity contribution is -0.120. The second-order valence-electron chi connectivity index (χ2n) is 9.25. The predicted molar refractivity (Wildman–Crippen MR) is 121 cm³/mol. The Kier molecular flexibility index (Phi) is 5.66. The van der Waals surface area contributed by atoms with Gasteiger partial charge in [-0.05, 0) is 47.4 Å². The van der Waals surface area contributed by atoms with Crippen LogP contribution in [0.1, 0.15) is 72.6 Å². The second kappa shape index (κ2) is 8.74. The van der Waals surface area contributed by atoms with E-state index in [1.54, 1.807) is 0 Å². The minimum atomic E-state index is -0.235. The van der Waals surface area contributed by atoms with Gasteiger partial charge in [0.1, 0.15) is 0 Å². The first-order valence-corrected chi connectivity index (χ1v) is 11.7. The van der Waals surface area contributed by atoms with Crippen LogP contribution in [0.3, 0.4) is 0 Å². The molecule has 1 saturated carbocycles. The Balaban J connectivity index is 1.18. The van der Waals surface area contributed by atoms with Crippen molar-refractivity contribution in [3.8, 4) is 0 Å². The maximum absolute atomic E-state index is 12.4. The number of nitrogens with one attached hydrogen (secondary N) is 3. The molecule has 1 unspecified atom stereocenters. The summed E-state index contributed by atoms with van der Waals surface area (Å²) in [6.45, 7) is 0.654. The van der Waals surface area contributed by atoms with Gasteiger partial charge in [0.2, 0.25) is 5.91 Å². The standard InChI is InChI=1S/C26H31N3O2/c30-24(16-28-26(31)29-18-8-2-1-3-9-18)27-15-17-14-23-19-10-4-6-12-21(19)25(17)22-13-7-5-11-20(22)23/h4-7,10-13,17-18,23,25H,1-3,8-9,14-16H2,(H,27,30)(H2,28,29,31). The van der Waals surface area contributed by atoms with E-state index < -0.39 is 0 Å². The number of benzene rings is 2. The van der Waals surface area contributed by atoms with E-state index in [0.717, 1.165) is 19.3 Å². The molecular weight excluding hydrogens is 386 g/mol. The summed E-state index contributed by atoms with van der Waals surface area (Å²) in [4.78, 5) is 24.5. The van der Waals surface area contributed by atoms with Crippen molar-refractivity contribution in [2.45, 2.75) is 56.4 Å². The fraction of sp³-hybridized carbons (Fsp3) is 0.462. The van der Waals surface area contributed by atoms with Crippen molar-refractivity contribution in [1.29, 1.82) is 0 Å². The molecule has 6 rings (SSSR count). The molecule has 31 heavy (non-hydrogen) atoms. The monoisotopic (exact) mass is 417 g/mol. The maximum atomic E-state index is 12.4. The van der Waals surface area contributed by atoms with E-state index in [0.29, 0.717) is 24.3 Å². The lowest BCUT2D eigenvalue weighted by Crippen LogP contribution is -2.47. The summed E-state index contributed by atoms with van der Waals surface area (Å²) in [6, 6.07) is 17.5. The second-order valence-corrected chi connectivity index (χ2v) is 9.25. The number of hydrogen-bond donors (Lipinski definition) is 3. The molecule has 2 aromatic carbocycles. The zero-order valence-corrected chi connectivity index (χ0v) is 17.9. The van der Waals surface area contributed by atoms with Crippen molar-refractivity contribution >= 4 is 11.9 Å². The SMILES string of the molecule is O=C(CNC(=O)NC1CCCCC1)NCC1CC2c3ccccc3C1c1ccccc12. The summed E-state index contributed by atoms with van der Waals surface area (Å²) >= 11 is 0. The summed E-state index contributed by atoms with van der Waals surface area (Å²) in [7, 11) is 0. The van der Waals surface area contributed by atoms with Gasteiger partial charge in [-0.15, -0.1) is 0 Å². The smallest absolute Gasteiger partial charge is 0.315 e. The van der Waals surface area contributed by atoms with Gasteiger partial charge in [-0.2, -0.15) is 0 Å². The van der Waals surface area contributed by atoms with Crippen molar-refractivity contribution in [2.24, 2.45) is 5.92 Å². The normalized spacial score (nSPS) is 24.1. The van der Waals surface area contributed by atoms with E-state index in [9.17, 15) is 9.59 Å². The molecule has 0 spiro atoms. The zero-order valence-electron chi connectivity index (χ0n) is 17.9. The summed E-state index contributed by atoms with van der Waals surface area (Å²) in [5, 5.41) is 8.79. The van der Waals surface area contributed by atoms with Crippen molar-refractivity contribution in [3.63, 3.8) is 0 Å². The highest BCUT2D eigenvalue weighted by Crippen LogP contribution is 2.55. The van der Waals surface area contributed by atoms with Crippen LogP contribution in [0.4, 0.5) is 4.79 Å². The first kappa shape index (κ1) is 20.1. The molecule has 2 bridgehead atoms. The van der Waals surface area contributed by atoms with Gasteiger partial charge in [-0.1, -0.05) is 67.8 Å². The highest BCUT2D eigenvalue weighted by molar-refractivity contribution is 5.84. The molecule has 0 aromatic heterocycles. The lowest BCUT2D eigenvalue weighted by atomic mass is 9.59. The predicted octanol–water partition coefficient (Wildman–Crippen LogP) is 4.03. The number of amides is 3. The zero-order chi connectivity index (χ0) is 21.2. The quantitative estimate of drug-likeness (QED) is 0.687. The Morgan fingerprint density at radius 2 is 1.42 bits per heavy atom. The number of hydrogen-bond acceptors (Lipinski definition) is 2. The molecule has 1 fully saturated rings. The largest absolute Gasteiger partial charge is 0.354 e. The van der Waals surface area contributed by atoms with Gasteiger partial charge in [0.15, 0.2) is 0 Å². The van der Waals surface area contributed by atoms with Gasteiger partial charge >= 0.3 is 6.03 Å². The third kappa shape index (κ3) is 4.06. The molecule has 0 radical (unpaired) electrons. The summed E-state index contributed by atoms with van der Waals surface area (Å²) in [6.07, 6.45) is 6.71. The Hall–Kier alpha value is -2.82. The minimum Gasteiger partial charge on any atom is -0.354 e. The minimum absolute atomic E-state index is 0.0204. The van der Waals surface area contributed by atoms with Crippen LogP contribution in [0.5, 0.6) is 0 Å². The molecule has 0 aliphatic heterocycles. The molecule has 5 nitrogen and oxygen atoms in total. The molecule has 162 valence electrons. The van der Waals surface area contributed by atoms with E-state index in [1.165, 1.54) is 41.5 Å². The summed E-state index contributed by atoms with van der Waals surface area (Å²) in [5.74, 6) is 0.968. The molecule has 3 N–H and O–H groups in total. The van der Waals surface area contributed by atoms with E-state index in [1.807, 2.05) is 0 Å². The van der Waals surface area contributed by atoms with E-state index in [-0.39, 0.29) is 24.5 Å². The molecule has 1 atom stereocenters. The Morgan fingerprint density at radius 3 is 2.06 bits per heavy atom. The Morgan fingerprint density at radius 1 is 0.806 bits per heavy atom.